The number of nitriles is 1. The van der Waals surface area contributed by atoms with Crippen LogP contribution in [0.25, 0.3) is 0 Å². The van der Waals surface area contributed by atoms with Crippen LogP contribution in [-0.4, -0.2) is 82.0 Å². The molecule has 2 aliphatic rings. The van der Waals surface area contributed by atoms with Crippen LogP contribution < -0.4 is 0 Å². The average Bonchev–Trinajstić information content (AvgIpc) is 3.15. The van der Waals surface area contributed by atoms with E-state index in [4.69, 9.17) is 5.26 Å². The number of hydrogen-bond donors (Lipinski definition) is 1. The van der Waals surface area contributed by atoms with E-state index >= 15 is 0 Å². The van der Waals surface area contributed by atoms with Crippen LogP contribution in [0.15, 0.2) is 6.07 Å². The second kappa shape index (κ2) is 5.66. The highest BCUT2D eigenvalue weighted by molar-refractivity contribution is 5.95. The summed E-state index contributed by atoms with van der Waals surface area (Å²) in [7, 11) is 1.77. The lowest BCUT2D eigenvalue weighted by atomic mass is 9.91. The maximum Gasteiger partial charge on any atom is 0.274 e. The summed E-state index contributed by atoms with van der Waals surface area (Å²) in [4.78, 5) is 30.6. The minimum absolute atomic E-state index is 0.00694. The number of carbonyl (C=O) groups excluding carboxylic acids is 2. The molecule has 0 bridgehead atoms. The topological polar surface area (TPSA) is 96.3 Å². The molecule has 122 valence electrons. The van der Waals surface area contributed by atoms with E-state index in [-0.39, 0.29) is 18.4 Å². The molecular formula is C15H20N6O2. The zero-order chi connectivity index (χ0) is 16.6. The lowest BCUT2D eigenvalue weighted by molar-refractivity contribution is -0.148. The number of H-pyrrole nitrogens is 1. The molecule has 2 saturated heterocycles. The van der Waals surface area contributed by atoms with Crippen LogP contribution in [0, 0.1) is 18.3 Å². The normalized spacial score (nSPS) is 25.2. The molecule has 0 unspecified atom stereocenters. The first kappa shape index (κ1) is 15.5. The average molecular weight is 316 g/mol. The Hall–Kier alpha value is -2.40. The van der Waals surface area contributed by atoms with E-state index in [2.05, 4.69) is 16.3 Å². The molecule has 23 heavy (non-hydrogen) atoms. The second-order valence-corrected chi connectivity index (χ2v) is 6.25. The van der Waals surface area contributed by atoms with Crippen molar-refractivity contribution in [3.05, 3.63) is 17.5 Å². The van der Waals surface area contributed by atoms with E-state index < -0.39 is 5.54 Å². The summed E-state index contributed by atoms with van der Waals surface area (Å²) in [5.74, 6) is -0.184. The fourth-order valence-corrected chi connectivity index (χ4v) is 3.48. The first-order valence-electron chi connectivity index (χ1n) is 7.67. The minimum Gasteiger partial charge on any atom is -0.343 e. The van der Waals surface area contributed by atoms with Gasteiger partial charge in [-0.05, 0) is 19.4 Å². The Labute approximate surface area is 134 Å². The highest BCUT2D eigenvalue weighted by Gasteiger charge is 2.53. The first-order valence-corrected chi connectivity index (χ1v) is 7.67. The number of hydrogen-bond acceptors (Lipinski definition) is 5. The molecule has 2 aliphatic heterocycles. The summed E-state index contributed by atoms with van der Waals surface area (Å²) in [6.07, 6.45) is 0.549. The number of aromatic amines is 1. The van der Waals surface area contributed by atoms with Crippen LogP contribution in [0.3, 0.4) is 0 Å². The maximum atomic E-state index is 12.8. The van der Waals surface area contributed by atoms with Gasteiger partial charge in [-0.3, -0.25) is 19.6 Å². The molecule has 3 heterocycles. The van der Waals surface area contributed by atoms with Gasteiger partial charge in [0, 0.05) is 38.9 Å². The Morgan fingerprint density at radius 1 is 1.48 bits per heavy atom. The van der Waals surface area contributed by atoms with Crippen LogP contribution in [0.1, 0.15) is 22.6 Å². The molecule has 1 aromatic heterocycles. The van der Waals surface area contributed by atoms with Crippen molar-refractivity contribution in [2.75, 3.05) is 39.8 Å². The molecule has 2 amide bonds. The number of nitrogens with zero attached hydrogens (tertiary/aromatic N) is 5. The highest BCUT2D eigenvalue weighted by Crippen LogP contribution is 2.33. The Bertz CT molecular complexity index is 678. The largest absolute Gasteiger partial charge is 0.343 e. The zero-order valence-corrected chi connectivity index (χ0v) is 13.4. The van der Waals surface area contributed by atoms with E-state index in [0.29, 0.717) is 38.3 Å². The molecule has 0 saturated carbocycles. The summed E-state index contributed by atoms with van der Waals surface area (Å²) in [5, 5.41) is 15.8. The lowest BCUT2D eigenvalue weighted by Gasteiger charge is -2.45. The predicted octanol–water partition coefficient (Wildman–Crippen LogP) is -0.400. The Kier molecular flexibility index (Phi) is 3.82. The number of rotatable bonds is 2. The number of nitrogens with one attached hydrogen (secondary N) is 1. The smallest absolute Gasteiger partial charge is 0.274 e. The Balaban J connectivity index is 1.84. The molecule has 8 heteroatoms. The Morgan fingerprint density at radius 3 is 2.91 bits per heavy atom. The number of aryl methyl sites for hydroxylation is 1. The third kappa shape index (κ3) is 2.47. The lowest BCUT2D eigenvalue weighted by Crippen LogP contribution is -2.66. The predicted molar refractivity (Wildman–Crippen MR) is 81.4 cm³/mol. The van der Waals surface area contributed by atoms with Crippen molar-refractivity contribution in [2.24, 2.45) is 0 Å². The van der Waals surface area contributed by atoms with Crippen molar-refractivity contribution in [3.63, 3.8) is 0 Å². The van der Waals surface area contributed by atoms with E-state index in [0.717, 1.165) is 5.69 Å². The molecule has 0 aliphatic carbocycles. The number of likely N-dealkylation sites (N-methyl/N-ethyl adjacent to an activating group) is 1. The van der Waals surface area contributed by atoms with Gasteiger partial charge in [-0.2, -0.15) is 10.4 Å². The fraction of sp³-hybridized carbons (Fsp3) is 0.600. The maximum absolute atomic E-state index is 12.8. The van der Waals surface area contributed by atoms with Gasteiger partial charge < -0.3 is 9.80 Å². The van der Waals surface area contributed by atoms with E-state index in [1.807, 2.05) is 11.8 Å². The van der Waals surface area contributed by atoms with Gasteiger partial charge in [-0.25, -0.2) is 0 Å². The molecular weight excluding hydrogens is 296 g/mol. The van der Waals surface area contributed by atoms with Gasteiger partial charge in [0.25, 0.3) is 5.91 Å². The van der Waals surface area contributed by atoms with E-state index in [9.17, 15) is 9.59 Å². The first-order chi connectivity index (χ1) is 11.0. The van der Waals surface area contributed by atoms with Crippen molar-refractivity contribution in [2.45, 2.75) is 18.9 Å². The monoisotopic (exact) mass is 316 g/mol. The summed E-state index contributed by atoms with van der Waals surface area (Å²) < 4.78 is 0. The molecule has 2 fully saturated rings. The molecule has 3 rings (SSSR count). The number of likely N-dealkylation sites (tertiary alicyclic amines) is 1. The number of aromatic nitrogens is 2. The van der Waals surface area contributed by atoms with Gasteiger partial charge in [0.05, 0.1) is 12.6 Å². The third-order valence-corrected chi connectivity index (χ3v) is 4.78. The number of carbonyl (C=O) groups is 2. The van der Waals surface area contributed by atoms with Gasteiger partial charge in [-0.1, -0.05) is 0 Å². The zero-order valence-electron chi connectivity index (χ0n) is 13.4. The van der Waals surface area contributed by atoms with E-state index in [1.54, 1.807) is 22.9 Å². The van der Waals surface area contributed by atoms with Crippen molar-refractivity contribution >= 4 is 11.8 Å². The third-order valence-electron chi connectivity index (χ3n) is 4.78. The van der Waals surface area contributed by atoms with Gasteiger partial charge in [0.15, 0.2) is 0 Å². The summed E-state index contributed by atoms with van der Waals surface area (Å²) >= 11 is 0. The Morgan fingerprint density at radius 2 is 2.26 bits per heavy atom. The standard InChI is InChI=1S/C15H20N6O2/c1-11-9-12(18-17-11)13(22)20-5-3-15(10-20)14(23)19(2)7-8-21(15)6-4-16/h9H,3,5-8,10H2,1-2H3,(H,17,18)/t15-/m0/s1. The van der Waals surface area contributed by atoms with Crippen molar-refractivity contribution in [1.82, 2.24) is 24.9 Å². The molecule has 1 N–H and O–H groups in total. The van der Waals surface area contributed by atoms with Crippen molar-refractivity contribution < 1.29 is 9.59 Å². The second-order valence-electron chi connectivity index (χ2n) is 6.25. The van der Waals surface area contributed by atoms with Crippen molar-refractivity contribution in [3.8, 4) is 6.07 Å². The van der Waals surface area contributed by atoms with Crippen molar-refractivity contribution in [1.29, 1.82) is 5.26 Å². The fourth-order valence-electron chi connectivity index (χ4n) is 3.48. The molecule has 1 aromatic rings. The number of amides is 2. The summed E-state index contributed by atoms with van der Waals surface area (Å²) in [6, 6.07) is 3.84. The summed E-state index contributed by atoms with van der Waals surface area (Å²) in [5.41, 5.74) is 0.411. The van der Waals surface area contributed by atoms with Crippen LogP contribution >= 0.6 is 0 Å². The van der Waals surface area contributed by atoms with Gasteiger partial charge in [0.2, 0.25) is 5.91 Å². The van der Waals surface area contributed by atoms with E-state index in [1.165, 1.54) is 0 Å². The minimum atomic E-state index is -0.774. The summed E-state index contributed by atoms with van der Waals surface area (Å²) in [6.45, 7) is 4.09. The molecule has 1 spiro atoms. The SMILES string of the molecule is Cc1cc(C(=O)N2CC[C@]3(C2)C(=O)N(C)CCN3CC#N)n[nH]1. The highest BCUT2D eigenvalue weighted by atomic mass is 16.2. The quantitative estimate of drug-likeness (QED) is 0.749. The van der Waals surface area contributed by atoms with Crippen LogP contribution in [0.4, 0.5) is 0 Å². The molecule has 8 nitrogen and oxygen atoms in total. The van der Waals surface area contributed by atoms with Gasteiger partial charge >= 0.3 is 0 Å². The van der Waals surface area contributed by atoms with Crippen LogP contribution in [0.2, 0.25) is 0 Å². The van der Waals surface area contributed by atoms with Gasteiger partial charge in [0.1, 0.15) is 11.2 Å². The molecule has 0 radical (unpaired) electrons. The van der Waals surface area contributed by atoms with Crippen LogP contribution in [0.5, 0.6) is 0 Å². The molecule has 0 aromatic carbocycles. The van der Waals surface area contributed by atoms with Gasteiger partial charge in [-0.15, -0.1) is 0 Å². The number of piperazine rings is 1. The van der Waals surface area contributed by atoms with Crippen LogP contribution in [-0.2, 0) is 4.79 Å². The molecule has 1 atom stereocenters.